The highest BCUT2D eigenvalue weighted by Crippen LogP contribution is 2.34. The van der Waals surface area contributed by atoms with E-state index in [4.69, 9.17) is 5.10 Å². The molecule has 4 nitrogen and oxygen atoms in total. The number of fused-ring (bicyclic) bond motifs is 3. The SMILES string of the molecule is C/C=C(\C)n1nc(SC)c2ccc(N3CC4CC3CN4)cc21. The Bertz CT molecular complexity index is 748. The molecule has 116 valence electrons. The summed E-state index contributed by atoms with van der Waals surface area (Å²) < 4.78 is 2.08. The predicted molar refractivity (Wildman–Crippen MR) is 94.7 cm³/mol. The number of allylic oxidation sites excluding steroid dienone is 2. The lowest BCUT2D eigenvalue weighted by Gasteiger charge is -2.29. The minimum Gasteiger partial charge on any atom is -0.366 e. The van der Waals surface area contributed by atoms with Crippen LogP contribution < -0.4 is 10.2 Å². The van der Waals surface area contributed by atoms with Crippen LogP contribution in [0, 0.1) is 0 Å². The quantitative estimate of drug-likeness (QED) is 0.882. The number of nitrogens with one attached hydrogen (secondary N) is 1. The molecule has 5 heteroatoms. The predicted octanol–water partition coefficient (Wildman–Crippen LogP) is 3.19. The van der Waals surface area contributed by atoms with Gasteiger partial charge in [0.25, 0.3) is 0 Å². The molecule has 2 atom stereocenters. The zero-order valence-corrected chi connectivity index (χ0v) is 14.2. The third-order valence-corrected chi connectivity index (χ3v) is 5.65. The highest BCUT2D eigenvalue weighted by Gasteiger charge is 2.37. The van der Waals surface area contributed by atoms with Gasteiger partial charge in [0.2, 0.25) is 0 Å². The van der Waals surface area contributed by atoms with Gasteiger partial charge in [-0.1, -0.05) is 6.08 Å². The number of hydrogen-bond acceptors (Lipinski definition) is 4. The van der Waals surface area contributed by atoms with E-state index < -0.39 is 0 Å². The number of piperazine rings is 1. The molecule has 2 aliphatic heterocycles. The Hall–Kier alpha value is -1.46. The van der Waals surface area contributed by atoms with Crippen molar-refractivity contribution in [1.29, 1.82) is 0 Å². The van der Waals surface area contributed by atoms with Crippen LogP contribution in [0.25, 0.3) is 16.6 Å². The van der Waals surface area contributed by atoms with Crippen LogP contribution in [0.4, 0.5) is 5.69 Å². The minimum atomic E-state index is 0.654. The van der Waals surface area contributed by atoms with Crippen molar-refractivity contribution in [3.63, 3.8) is 0 Å². The summed E-state index contributed by atoms with van der Waals surface area (Å²) in [6, 6.07) is 8.14. The Morgan fingerprint density at radius 2 is 2.32 bits per heavy atom. The molecule has 2 fully saturated rings. The second-order valence-electron chi connectivity index (χ2n) is 6.20. The Morgan fingerprint density at radius 1 is 1.45 bits per heavy atom. The van der Waals surface area contributed by atoms with Gasteiger partial charge in [-0.3, -0.25) is 0 Å². The summed E-state index contributed by atoms with van der Waals surface area (Å²) in [5, 5.41) is 10.7. The Balaban J connectivity index is 1.82. The summed E-state index contributed by atoms with van der Waals surface area (Å²) >= 11 is 1.71. The average molecular weight is 314 g/mol. The summed E-state index contributed by atoms with van der Waals surface area (Å²) in [4.78, 5) is 2.56. The van der Waals surface area contributed by atoms with Crippen molar-refractivity contribution >= 4 is 34.0 Å². The molecule has 1 N–H and O–H groups in total. The van der Waals surface area contributed by atoms with Crippen molar-refractivity contribution in [2.45, 2.75) is 37.4 Å². The first kappa shape index (κ1) is 14.2. The molecule has 0 amide bonds. The van der Waals surface area contributed by atoms with Gasteiger partial charge in [0.15, 0.2) is 0 Å². The Kier molecular flexibility index (Phi) is 3.42. The van der Waals surface area contributed by atoms with Gasteiger partial charge in [-0.2, -0.15) is 5.10 Å². The zero-order chi connectivity index (χ0) is 15.3. The van der Waals surface area contributed by atoms with Crippen LogP contribution in [-0.4, -0.2) is 41.2 Å². The summed E-state index contributed by atoms with van der Waals surface area (Å²) in [5.74, 6) is 0. The van der Waals surface area contributed by atoms with E-state index in [1.807, 2.05) is 0 Å². The van der Waals surface area contributed by atoms with Gasteiger partial charge >= 0.3 is 0 Å². The second-order valence-corrected chi connectivity index (χ2v) is 6.99. The number of rotatable bonds is 3. The number of anilines is 1. The fourth-order valence-electron chi connectivity index (χ4n) is 3.67. The number of benzene rings is 1. The van der Waals surface area contributed by atoms with Crippen LogP contribution in [-0.2, 0) is 0 Å². The number of nitrogens with zero attached hydrogens (tertiary/aromatic N) is 3. The van der Waals surface area contributed by atoms with Gasteiger partial charge < -0.3 is 10.2 Å². The lowest BCUT2D eigenvalue weighted by Crippen LogP contribution is -2.43. The van der Waals surface area contributed by atoms with E-state index in [1.165, 1.54) is 28.7 Å². The van der Waals surface area contributed by atoms with Gasteiger partial charge in [0, 0.05) is 41.9 Å². The molecule has 2 aromatic rings. The number of aromatic nitrogens is 2. The highest BCUT2D eigenvalue weighted by molar-refractivity contribution is 7.98. The maximum absolute atomic E-state index is 4.77. The van der Waals surface area contributed by atoms with Gasteiger partial charge in [-0.15, -0.1) is 11.8 Å². The molecule has 0 saturated carbocycles. The molecule has 4 rings (SSSR count). The molecule has 0 aliphatic carbocycles. The van der Waals surface area contributed by atoms with Crippen molar-refractivity contribution in [3.8, 4) is 0 Å². The van der Waals surface area contributed by atoms with Crippen LogP contribution in [0.15, 0.2) is 29.3 Å². The Morgan fingerprint density at radius 3 is 2.95 bits per heavy atom. The molecule has 1 aromatic carbocycles. The summed E-state index contributed by atoms with van der Waals surface area (Å²) in [5.41, 5.74) is 3.72. The normalized spacial score (nSPS) is 24.7. The smallest absolute Gasteiger partial charge is 0.126 e. The standard InChI is InChI=1S/C17H22N4S/c1-4-11(2)21-16-8-13(5-6-15(16)17(19-21)22-3)20-10-12-7-14(20)9-18-12/h4-6,8,12,14,18H,7,9-10H2,1-3H3/b11-4+. The Labute approximate surface area is 135 Å². The number of thioether (sulfide) groups is 1. The first-order valence-corrected chi connectivity index (χ1v) is 9.14. The molecule has 0 spiro atoms. The van der Waals surface area contributed by atoms with Gasteiger partial charge in [0.1, 0.15) is 5.03 Å². The molecule has 0 radical (unpaired) electrons. The van der Waals surface area contributed by atoms with Crippen LogP contribution in [0.2, 0.25) is 0 Å². The summed E-state index contributed by atoms with van der Waals surface area (Å²) in [7, 11) is 0. The maximum atomic E-state index is 4.77. The van der Waals surface area contributed by atoms with Gasteiger partial charge in [0.05, 0.1) is 5.52 Å². The van der Waals surface area contributed by atoms with Crippen LogP contribution in [0.1, 0.15) is 20.3 Å². The highest BCUT2D eigenvalue weighted by atomic mass is 32.2. The van der Waals surface area contributed by atoms with Crippen molar-refractivity contribution < 1.29 is 0 Å². The van der Waals surface area contributed by atoms with Crippen molar-refractivity contribution in [2.24, 2.45) is 0 Å². The maximum Gasteiger partial charge on any atom is 0.126 e. The van der Waals surface area contributed by atoms with E-state index in [0.29, 0.717) is 12.1 Å². The average Bonchev–Trinajstić information content (AvgIpc) is 3.26. The van der Waals surface area contributed by atoms with E-state index in [-0.39, 0.29) is 0 Å². The second kappa shape index (κ2) is 5.32. The van der Waals surface area contributed by atoms with Crippen molar-refractivity contribution in [1.82, 2.24) is 15.1 Å². The lowest BCUT2D eigenvalue weighted by molar-refractivity contribution is 0.580. The molecular formula is C17H22N4S. The fourth-order valence-corrected chi connectivity index (χ4v) is 4.23. The molecule has 2 saturated heterocycles. The van der Waals surface area contributed by atoms with Crippen LogP contribution in [0.5, 0.6) is 0 Å². The molecule has 2 unspecified atom stereocenters. The van der Waals surface area contributed by atoms with E-state index in [0.717, 1.165) is 18.1 Å². The first-order valence-electron chi connectivity index (χ1n) is 7.91. The molecule has 1 aromatic heterocycles. The van der Waals surface area contributed by atoms with Gasteiger partial charge in [-0.05, 0) is 44.7 Å². The third-order valence-electron chi connectivity index (χ3n) is 4.96. The van der Waals surface area contributed by atoms with E-state index in [1.54, 1.807) is 11.8 Å². The fraction of sp³-hybridized carbons (Fsp3) is 0.471. The largest absolute Gasteiger partial charge is 0.366 e. The van der Waals surface area contributed by atoms with E-state index >= 15 is 0 Å². The van der Waals surface area contributed by atoms with Crippen molar-refractivity contribution in [2.75, 3.05) is 24.2 Å². The topological polar surface area (TPSA) is 33.1 Å². The molecule has 3 heterocycles. The monoisotopic (exact) mass is 314 g/mol. The summed E-state index contributed by atoms with van der Waals surface area (Å²) in [6.07, 6.45) is 5.49. The zero-order valence-electron chi connectivity index (χ0n) is 13.3. The van der Waals surface area contributed by atoms with E-state index in [2.05, 4.69) is 59.3 Å². The van der Waals surface area contributed by atoms with Crippen LogP contribution in [0.3, 0.4) is 0 Å². The molecule has 22 heavy (non-hydrogen) atoms. The van der Waals surface area contributed by atoms with Crippen molar-refractivity contribution in [3.05, 3.63) is 24.3 Å². The molecule has 2 bridgehead atoms. The van der Waals surface area contributed by atoms with E-state index in [9.17, 15) is 0 Å². The summed E-state index contributed by atoms with van der Waals surface area (Å²) in [6.45, 7) is 6.43. The molecular weight excluding hydrogens is 292 g/mol. The number of hydrogen-bond donors (Lipinski definition) is 1. The van der Waals surface area contributed by atoms with Gasteiger partial charge in [-0.25, -0.2) is 4.68 Å². The van der Waals surface area contributed by atoms with Crippen LogP contribution >= 0.6 is 11.8 Å². The minimum absolute atomic E-state index is 0.654. The third kappa shape index (κ3) is 2.07. The first-order chi connectivity index (χ1) is 10.7. The lowest BCUT2D eigenvalue weighted by atomic mass is 10.2. The molecule has 2 aliphatic rings.